The summed E-state index contributed by atoms with van der Waals surface area (Å²) >= 11 is 0. The van der Waals surface area contributed by atoms with E-state index in [0.29, 0.717) is 18.2 Å². The molecular formula is C16H30N4O2. The van der Waals surface area contributed by atoms with E-state index in [1.54, 1.807) is 11.8 Å². The van der Waals surface area contributed by atoms with Crippen LogP contribution in [0.4, 0.5) is 0 Å². The molecule has 3 atom stereocenters. The Morgan fingerprint density at radius 1 is 1.36 bits per heavy atom. The van der Waals surface area contributed by atoms with Crippen LogP contribution < -0.4 is 10.1 Å². The molecule has 6 heteroatoms. The van der Waals surface area contributed by atoms with E-state index >= 15 is 0 Å². The van der Waals surface area contributed by atoms with Crippen LogP contribution in [0.3, 0.4) is 0 Å². The smallest absolute Gasteiger partial charge is 0.216 e. The molecule has 1 N–H and O–H groups in total. The van der Waals surface area contributed by atoms with E-state index in [4.69, 9.17) is 9.47 Å². The van der Waals surface area contributed by atoms with E-state index in [1.807, 2.05) is 14.0 Å². The zero-order valence-corrected chi connectivity index (χ0v) is 14.7. The topological polar surface area (TPSA) is 51.6 Å². The highest BCUT2D eigenvalue weighted by Crippen LogP contribution is 2.20. The number of nitrogens with zero attached hydrogens (tertiary/aromatic N) is 3. The average Bonchev–Trinajstić information content (AvgIpc) is 2.71. The minimum Gasteiger partial charge on any atom is -0.481 e. The maximum atomic E-state index is 5.80. The third kappa shape index (κ3) is 4.00. The van der Waals surface area contributed by atoms with Gasteiger partial charge in [-0.1, -0.05) is 0 Å². The molecule has 0 saturated carbocycles. The van der Waals surface area contributed by atoms with Crippen LogP contribution in [0.25, 0.3) is 0 Å². The molecule has 0 amide bonds. The summed E-state index contributed by atoms with van der Waals surface area (Å²) in [7, 11) is 3.60. The molecule has 0 spiro atoms. The van der Waals surface area contributed by atoms with Gasteiger partial charge in [0, 0.05) is 39.3 Å². The first kappa shape index (κ1) is 17.2. The summed E-state index contributed by atoms with van der Waals surface area (Å²) in [5, 5.41) is 7.96. The summed E-state index contributed by atoms with van der Waals surface area (Å²) in [6.45, 7) is 12.3. The molecule has 2 heterocycles. The fraction of sp³-hybridized carbons (Fsp3) is 0.812. The fourth-order valence-corrected chi connectivity index (χ4v) is 3.25. The molecule has 0 bridgehead atoms. The van der Waals surface area contributed by atoms with Gasteiger partial charge in [-0.2, -0.15) is 5.10 Å². The first-order valence-corrected chi connectivity index (χ1v) is 8.09. The quantitative estimate of drug-likeness (QED) is 0.859. The number of morpholine rings is 1. The number of hydrogen-bond acceptors (Lipinski definition) is 5. The van der Waals surface area contributed by atoms with Crippen molar-refractivity contribution in [2.75, 3.05) is 26.7 Å². The van der Waals surface area contributed by atoms with Crippen LogP contribution >= 0.6 is 0 Å². The van der Waals surface area contributed by atoms with E-state index < -0.39 is 0 Å². The minimum atomic E-state index is 0.312. The van der Waals surface area contributed by atoms with Crippen LogP contribution in [0.2, 0.25) is 0 Å². The molecule has 1 aromatic rings. The number of aromatic nitrogens is 2. The van der Waals surface area contributed by atoms with E-state index in [-0.39, 0.29) is 0 Å². The second kappa shape index (κ2) is 7.44. The number of rotatable bonds is 6. The van der Waals surface area contributed by atoms with Gasteiger partial charge in [-0.3, -0.25) is 4.90 Å². The van der Waals surface area contributed by atoms with E-state index in [1.165, 1.54) is 0 Å². The summed E-state index contributed by atoms with van der Waals surface area (Å²) in [5.41, 5.74) is 2.16. The van der Waals surface area contributed by atoms with Crippen molar-refractivity contribution in [3.63, 3.8) is 0 Å². The summed E-state index contributed by atoms with van der Waals surface area (Å²) < 4.78 is 13.0. The van der Waals surface area contributed by atoms with Gasteiger partial charge in [-0.15, -0.1) is 0 Å². The summed E-state index contributed by atoms with van der Waals surface area (Å²) in [6, 6.07) is 0.483. The second-order valence-corrected chi connectivity index (χ2v) is 6.39. The van der Waals surface area contributed by atoms with Gasteiger partial charge in [0.1, 0.15) is 0 Å². The lowest BCUT2D eigenvalue weighted by Crippen LogP contribution is -2.51. The van der Waals surface area contributed by atoms with Crippen molar-refractivity contribution in [3.05, 3.63) is 11.3 Å². The predicted octanol–water partition coefficient (Wildman–Crippen LogP) is 1.32. The van der Waals surface area contributed by atoms with E-state index in [2.05, 4.69) is 36.1 Å². The van der Waals surface area contributed by atoms with Crippen LogP contribution in [-0.2, 0) is 18.3 Å². The van der Waals surface area contributed by atoms with Crippen molar-refractivity contribution >= 4 is 0 Å². The molecule has 0 aliphatic carbocycles. The SMILES string of the molecule is COc1c(CNCC(C)N2CC(C)OC(C)C2)c(C)nn1C. The van der Waals surface area contributed by atoms with Gasteiger partial charge >= 0.3 is 0 Å². The average molecular weight is 310 g/mol. The molecule has 22 heavy (non-hydrogen) atoms. The van der Waals surface area contributed by atoms with Gasteiger partial charge in [-0.25, -0.2) is 4.68 Å². The number of hydrogen-bond donors (Lipinski definition) is 1. The van der Waals surface area contributed by atoms with Crippen molar-refractivity contribution in [1.29, 1.82) is 0 Å². The molecular weight excluding hydrogens is 280 g/mol. The Hall–Kier alpha value is -1.11. The van der Waals surface area contributed by atoms with Gasteiger partial charge in [0.05, 0.1) is 30.6 Å². The van der Waals surface area contributed by atoms with Gasteiger partial charge in [-0.05, 0) is 27.7 Å². The lowest BCUT2D eigenvalue weighted by atomic mass is 10.1. The van der Waals surface area contributed by atoms with Gasteiger partial charge < -0.3 is 14.8 Å². The molecule has 1 fully saturated rings. The number of aryl methyl sites for hydroxylation is 2. The Morgan fingerprint density at radius 3 is 2.59 bits per heavy atom. The number of ether oxygens (including phenoxy) is 2. The summed E-state index contributed by atoms with van der Waals surface area (Å²) in [4.78, 5) is 2.50. The maximum Gasteiger partial charge on any atom is 0.216 e. The molecule has 0 aromatic carbocycles. The van der Waals surface area contributed by atoms with Crippen molar-refractivity contribution in [2.45, 2.75) is 52.5 Å². The monoisotopic (exact) mass is 310 g/mol. The number of methoxy groups -OCH3 is 1. The molecule has 2 rings (SSSR count). The normalized spacial score (nSPS) is 24.5. The Bertz CT molecular complexity index is 479. The first-order chi connectivity index (χ1) is 10.4. The lowest BCUT2D eigenvalue weighted by Gasteiger charge is -2.39. The van der Waals surface area contributed by atoms with E-state index in [0.717, 1.165) is 43.3 Å². The summed E-state index contributed by atoms with van der Waals surface area (Å²) in [5.74, 6) is 0.839. The molecule has 1 aliphatic heterocycles. The predicted molar refractivity (Wildman–Crippen MR) is 87.2 cm³/mol. The third-order valence-electron chi connectivity index (χ3n) is 4.29. The molecule has 3 unspecified atom stereocenters. The Balaban J connectivity index is 1.86. The highest BCUT2D eigenvalue weighted by Gasteiger charge is 2.25. The van der Waals surface area contributed by atoms with E-state index in [9.17, 15) is 0 Å². The molecule has 1 saturated heterocycles. The molecule has 6 nitrogen and oxygen atoms in total. The standard InChI is InChI=1S/C16H30N4O2/c1-11(20-9-12(2)22-13(3)10-20)7-17-8-15-14(4)18-19(5)16(15)21-6/h11-13,17H,7-10H2,1-6H3. The molecule has 1 aromatic heterocycles. The van der Waals surface area contributed by atoms with Crippen molar-refractivity contribution in [3.8, 4) is 5.88 Å². The van der Waals surface area contributed by atoms with Crippen LogP contribution in [0.1, 0.15) is 32.0 Å². The number of nitrogens with one attached hydrogen (secondary N) is 1. The van der Waals surface area contributed by atoms with Gasteiger partial charge in [0.2, 0.25) is 5.88 Å². The zero-order chi connectivity index (χ0) is 16.3. The highest BCUT2D eigenvalue weighted by atomic mass is 16.5. The largest absolute Gasteiger partial charge is 0.481 e. The van der Waals surface area contributed by atoms with Crippen LogP contribution in [0.5, 0.6) is 5.88 Å². The minimum absolute atomic E-state index is 0.312. The van der Waals surface area contributed by atoms with Crippen molar-refractivity contribution in [2.24, 2.45) is 7.05 Å². The van der Waals surface area contributed by atoms with Crippen LogP contribution in [0.15, 0.2) is 0 Å². The lowest BCUT2D eigenvalue weighted by molar-refractivity contribution is -0.0781. The molecule has 1 aliphatic rings. The van der Waals surface area contributed by atoms with Gasteiger partial charge in [0.25, 0.3) is 0 Å². The maximum absolute atomic E-state index is 5.80. The van der Waals surface area contributed by atoms with Crippen molar-refractivity contribution in [1.82, 2.24) is 20.0 Å². The molecule has 126 valence electrons. The Morgan fingerprint density at radius 2 is 2.00 bits per heavy atom. The van der Waals surface area contributed by atoms with Crippen molar-refractivity contribution < 1.29 is 9.47 Å². The highest BCUT2D eigenvalue weighted by molar-refractivity contribution is 5.30. The van der Waals surface area contributed by atoms with Crippen LogP contribution in [0, 0.1) is 6.92 Å². The van der Waals surface area contributed by atoms with Gasteiger partial charge in [0.15, 0.2) is 0 Å². The Labute approximate surface area is 133 Å². The zero-order valence-electron chi connectivity index (χ0n) is 14.7. The fourth-order valence-electron chi connectivity index (χ4n) is 3.25. The summed E-state index contributed by atoms with van der Waals surface area (Å²) in [6.07, 6.45) is 0.624. The second-order valence-electron chi connectivity index (χ2n) is 6.39. The third-order valence-corrected chi connectivity index (χ3v) is 4.29. The molecule has 0 radical (unpaired) electrons. The van der Waals surface area contributed by atoms with Crippen LogP contribution in [-0.4, -0.2) is 59.7 Å². The Kier molecular flexibility index (Phi) is 5.83. The first-order valence-electron chi connectivity index (χ1n) is 8.09.